The molecule has 0 saturated heterocycles. The van der Waals surface area contributed by atoms with E-state index in [1.807, 2.05) is 115 Å². The Hall–Kier alpha value is -4.70. The van der Waals surface area contributed by atoms with Crippen molar-refractivity contribution < 1.29 is 17.8 Å². The second kappa shape index (κ2) is 49.4. The van der Waals surface area contributed by atoms with Crippen molar-refractivity contribution in [2.75, 3.05) is 0 Å². The van der Waals surface area contributed by atoms with Gasteiger partial charge in [-0.15, -0.1) is 0 Å². The van der Waals surface area contributed by atoms with Gasteiger partial charge in [0.1, 0.15) is 18.3 Å². The topological polar surface area (TPSA) is 120 Å². The molecule has 0 aromatic carbocycles. The Morgan fingerprint density at radius 3 is 1.19 bits per heavy atom. The Morgan fingerprint density at radius 1 is 0.500 bits per heavy atom. The summed E-state index contributed by atoms with van der Waals surface area (Å²) in [7, 11) is 0. The van der Waals surface area contributed by atoms with Crippen molar-refractivity contribution in [1.82, 2.24) is 25.3 Å². The number of rotatable bonds is 0. The van der Waals surface area contributed by atoms with Crippen LogP contribution in [0.4, 0.5) is 0 Å². The average molecular weight is 1110 g/mol. The lowest BCUT2D eigenvalue weighted by Gasteiger charge is -2.19. The zero-order chi connectivity index (χ0) is 62.3. The highest BCUT2D eigenvalue weighted by atomic mass is 32.1. The Kier molecular flexibility index (Phi) is 56.9. The number of aromatic amines is 1. The first kappa shape index (κ1) is 89.9. The molecule has 0 unspecified atom stereocenters. The van der Waals surface area contributed by atoms with Gasteiger partial charge in [-0.1, -0.05) is 279 Å². The summed E-state index contributed by atoms with van der Waals surface area (Å²) in [5, 5.41) is 14.9. The standard InChI is InChI=1S/C9H14.C8H12O.C8H12S.C7H12N2.3C7H11NO.7C2H6.CH4/c1-9(2,3)8-6-4-5-7-8;2*1-8(2,3)7-4-5-9-6-7;1-7(2,3)6-4-5-8-9-6;1-7(2,3)6-4-9-5-8-6;1-7(2,3)6-4-8-5-9-6;1-7(2,3)6-4-5-9-8-6;7*1-2;/h4-6H,7H2,1-3H3;2*4-6H,1-3H3;4-5H,1-3H3,(H,8,9);3*4-5H,1-3H3;7*1-2H3;1H4. The van der Waals surface area contributed by atoms with Crippen molar-refractivity contribution in [1.29, 1.82) is 0 Å². The molecule has 10 heteroatoms. The summed E-state index contributed by atoms with van der Waals surface area (Å²) in [5.41, 5.74) is 8.90. The predicted molar refractivity (Wildman–Crippen MR) is 351 cm³/mol. The number of hydrogen-bond acceptors (Lipinski definition) is 9. The highest BCUT2D eigenvalue weighted by Crippen LogP contribution is 2.31. The summed E-state index contributed by atoms with van der Waals surface area (Å²) in [5.74, 6) is 0.933. The molecule has 7 rings (SSSR count). The Morgan fingerprint density at radius 2 is 1.01 bits per heavy atom. The fourth-order valence-electron chi connectivity index (χ4n) is 4.83. The molecular formula is C68H129N5O4S. The molecule has 6 heterocycles. The van der Waals surface area contributed by atoms with E-state index in [0.717, 1.165) is 23.6 Å². The summed E-state index contributed by atoms with van der Waals surface area (Å²) < 4.78 is 19.5. The fourth-order valence-corrected chi connectivity index (χ4v) is 5.71. The van der Waals surface area contributed by atoms with Crippen LogP contribution in [0, 0.1) is 5.41 Å². The predicted octanol–water partition coefficient (Wildman–Crippen LogP) is 24.0. The van der Waals surface area contributed by atoms with Crippen LogP contribution >= 0.6 is 11.3 Å². The van der Waals surface area contributed by atoms with Gasteiger partial charge in [-0.05, 0) is 62.8 Å². The fraction of sp³-hybridized carbons (Fsp3) is 0.647. The first-order chi connectivity index (χ1) is 35.7. The summed E-state index contributed by atoms with van der Waals surface area (Å²) in [4.78, 5) is 7.84. The van der Waals surface area contributed by atoms with Gasteiger partial charge in [0.25, 0.3) is 0 Å². The maximum Gasteiger partial charge on any atom is 0.180 e. The average Bonchev–Trinajstić information content (AvgIpc) is 4.23. The van der Waals surface area contributed by atoms with Gasteiger partial charge in [0.2, 0.25) is 0 Å². The number of allylic oxidation sites excluding steroid dienone is 4. The van der Waals surface area contributed by atoms with Gasteiger partial charge in [-0.3, -0.25) is 5.10 Å². The van der Waals surface area contributed by atoms with Crippen LogP contribution < -0.4 is 0 Å². The number of thiophene rings is 1. The lowest BCUT2D eigenvalue weighted by Crippen LogP contribution is -2.11. The molecule has 6 aromatic rings. The highest BCUT2D eigenvalue weighted by Gasteiger charge is 2.19. The van der Waals surface area contributed by atoms with Gasteiger partial charge in [0.05, 0.1) is 30.1 Å². The van der Waals surface area contributed by atoms with Crippen molar-refractivity contribution in [3.63, 3.8) is 0 Å². The number of oxazole rings is 2. The van der Waals surface area contributed by atoms with E-state index in [0.29, 0.717) is 10.8 Å². The number of aromatic nitrogens is 5. The van der Waals surface area contributed by atoms with Crippen LogP contribution in [0.1, 0.15) is 290 Å². The molecule has 0 saturated carbocycles. The molecule has 1 N–H and O–H groups in total. The monoisotopic (exact) mass is 1110 g/mol. The van der Waals surface area contributed by atoms with E-state index in [1.165, 1.54) is 29.6 Å². The van der Waals surface area contributed by atoms with E-state index in [9.17, 15) is 0 Å². The lowest BCUT2D eigenvalue weighted by atomic mass is 9.86. The van der Waals surface area contributed by atoms with Crippen molar-refractivity contribution in [2.24, 2.45) is 5.41 Å². The number of nitrogens with one attached hydrogen (secondary N) is 1. The Labute approximate surface area is 489 Å². The van der Waals surface area contributed by atoms with Gasteiger partial charge in [-0.25, -0.2) is 9.97 Å². The van der Waals surface area contributed by atoms with Gasteiger partial charge < -0.3 is 17.8 Å². The summed E-state index contributed by atoms with van der Waals surface area (Å²) >= 11 is 1.77. The summed E-state index contributed by atoms with van der Waals surface area (Å²) in [6.07, 6.45) is 21.0. The third kappa shape index (κ3) is 47.3. The molecule has 9 nitrogen and oxygen atoms in total. The quantitative estimate of drug-likeness (QED) is 0.160. The van der Waals surface area contributed by atoms with E-state index < -0.39 is 0 Å². The molecule has 0 fully saturated rings. The molecule has 0 atom stereocenters. The Bertz CT molecular complexity index is 1700. The van der Waals surface area contributed by atoms with Crippen LogP contribution in [-0.4, -0.2) is 25.3 Å². The number of hydrogen-bond donors (Lipinski definition) is 1. The minimum absolute atomic E-state index is 0. The van der Waals surface area contributed by atoms with Gasteiger partial charge in [0.15, 0.2) is 12.8 Å². The molecule has 78 heavy (non-hydrogen) atoms. The van der Waals surface area contributed by atoms with E-state index in [-0.39, 0.29) is 34.5 Å². The largest absolute Gasteiger partial charge is 0.472 e. The molecule has 1 aliphatic carbocycles. The van der Waals surface area contributed by atoms with E-state index >= 15 is 0 Å². The van der Waals surface area contributed by atoms with Crippen molar-refractivity contribution in [3.05, 3.63) is 143 Å². The molecular weight excluding hydrogens is 983 g/mol. The molecule has 0 bridgehead atoms. The number of furan rings is 1. The first-order valence-corrected chi connectivity index (χ1v) is 29.8. The second-order valence-electron chi connectivity index (χ2n) is 22.7. The van der Waals surface area contributed by atoms with Gasteiger partial charge >= 0.3 is 0 Å². The summed E-state index contributed by atoms with van der Waals surface area (Å²) in [6, 6.07) is 8.07. The Balaban J connectivity index is -0.000000117. The molecule has 1 aliphatic rings. The van der Waals surface area contributed by atoms with E-state index in [1.54, 1.807) is 54.4 Å². The van der Waals surface area contributed by atoms with E-state index in [4.69, 9.17) is 17.8 Å². The minimum atomic E-state index is 0. The second-order valence-corrected chi connectivity index (χ2v) is 23.5. The minimum Gasteiger partial charge on any atom is -0.472 e. The molecule has 0 radical (unpaired) electrons. The van der Waals surface area contributed by atoms with Crippen LogP contribution in [0.15, 0.2) is 127 Å². The van der Waals surface area contributed by atoms with Gasteiger partial charge in [-0.2, -0.15) is 16.4 Å². The SMILES string of the molecule is C.CC.CC.CC.CC.CC.CC.CC.CC(C)(C)C1=CC=CC1.CC(C)(C)c1ccn[nH]1.CC(C)(C)c1ccoc1.CC(C)(C)c1ccon1.CC(C)(C)c1ccsc1.CC(C)(C)c1cnco1.CC(C)(C)c1cocn1. The normalized spacial score (nSPS) is 10.9. The van der Waals surface area contributed by atoms with Crippen molar-refractivity contribution >= 4 is 11.3 Å². The lowest BCUT2D eigenvalue weighted by molar-refractivity contribution is 0.393. The van der Waals surface area contributed by atoms with Crippen molar-refractivity contribution in [3.8, 4) is 0 Å². The molecule has 0 amide bonds. The number of nitrogens with zero attached hydrogens (tertiary/aromatic N) is 4. The smallest absolute Gasteiger partial charge is 0.180 e. The zero-order valence-corrected chi connectivity index (χ0v) is 57.7. The van der Waals surface area contributed by atoms with Gasteiger partial charge in [0, 0.05) is 39.6 Å². The van der Waals surface area contributed by atoms with Crippen LogP contribution in [0.25, 0.3) is 0 Å². The van der Waals surface area contributed by atoms with Crippen LogP contribution in [0.5, 0.6) is 0 Å². The maximum absolute atomic E-state index is 5.09. The molecule has 0 aliphatic heterocycles. The van der Waals surface area contributed by atoms with Crippen molar-refractivity contribution in [2.45, 2.75) is 289 Å². The maximum atomic E-state index is 5.09. The summed E-state index contributed by atoms with van der Waals surface area (Å²) in [6.45, 7) is 73.3. The molecule has 0 spiro atoms. The molecule has 456 valence electrons. The molecule has 6 aromatic heterocycles. The third-order valence-electron chi connectivity index (χ3n) is 9.40. The highest BCUT2D eigenvalue weighted by molar-refractivity contribution is 7.08. The van der Waals surface area contributed by atoms with Crippen LogP contribution in [0.2, 0.25) is 0 Å². The third-order valence-corrected chi connectivity index (χ3v) is 10.1. The first-order valence-electron chi connectivity index (χ1n) is 28.8. The number of H-pyrrole nitrogens is 1. The van der Waals surface area contributed by atoms with E-state index in [2.05, 4.69) is 206 Å². The zero-order valence-electron chi connectivity index (χ0n) is 56.9. The van der Waals surface area contributed by atoms with Crippen LogP contribution in [-0.2, 0) is 32.5 Å². The van der Waals surface area contributed by atoms with Crippen LogP contribution in [0.3, 0.4) is 0 Å².